The van der Waals surface area contributed by atoms with Crippen LogP contribution in [0.25, 0.3) is 23.3 Å². The number of carbonyl (C=O) groups excluding carboxylic acids is 1. The number of anilines is 13. The molecule has 30 nitrogen and oxygen atoms in total. The van der Waals surface area contributed by atoms with E-state index in [-0.39, 0.29) is 37.0 Å². The first kappa shape index (κ1) is 70.3. The minimum absolute atomic E-state index is 0. The second kappa shape index (κ2) is 33.4. The van der Waals surface area contributed by atoms with Gasteiger partial charge in [-0.3, -0.25) is 4.79 Å². The van der Waals surface area contributed by atoms with E-state index in [4.69, 9.17) is 42.4 Å². The number of aryl methyl sites for hydroxylation is 2. The van der Waals surface area contributed by atoms with Crippen molar-refractivity contribution in [3.8, 4) is 46.6 Å². The Kier molecular flexibility index (Phi) is 23.5. The Morgan fingerprint density at radius 2 is 0.890 bits per heavy atom. The lowest BCUT2D eigenvalue weighted by molar-refractivity contribution is 0.103. The van der Waals surface area contributed by atoms with Crippen LogP contribution in [0.5, 0.6) is 17.2 Å². The fourth-order valence-electron chi connectivity index (χ4n) is 9.53. The Hall–Kier alpha value is -14.0. The van der Waals surface area contributed by atoms with Crippen molar-refractivity contribution in [2.45, 2.75) is 35.1 Å². The minimum atomic E-state index is -0.0241. The smallest absolute Gasteiger partial charge is 0.249 e. The Morgan fingerprint density at radius 1 is 0.470 bits per heavy atom. The monoisotopic (exact) mass is 1340 g/mol. The van der Waals surface area contributed by atoms with Gasteiger partial charge in [0.05, 0.1) is 32.6 Å². The van der Waals surface area contributed by atoms with E-state index in [0.717, 1.165) is 47.0 Å². The first-order valence-corrected chi connectivity index (χ1v) is 30.7. The molecule has 0 bridgehead atoms. The normalized spacial score (nSPS) is 10.3. The van der Waals surface area contributed by atoms with Crippen molar-refractivity contribution < 1.29 is 19.0 Å². The van der Waals surface area contributed by atoms with E-state index in [2.05, 4.69) is 119 Å². The number of nitrogens with two attached hydrogens (primary N) is 4. The summed E-state index contributed by atoms with van der Waals surface area (Å²) in [5, 5.41) is 38.7. The topological polar surface area (TPSA) is 398 Å². The van der Waals surface area contributed by atoms with E-state index in [9.17, 15) is 4.79 Å². The summed E-state index contributed by atoms with van der Waals surface area (Å²) in [7, 11) is 4.77. The quantitative estimate of drug-likeness (QED) is 0.0329. The van der Waals surface area contributed by atoms with Gasteiger partial charge in [-0.05, 0) is 160 Å². The fourth-order valence-corrected chi connectivity index (χ4v) is 9.53. The van der Waals surface area contributed by atoms with Crippen LogP contribution in [0.4, 0.5) is 76.0 Å². The molecule has 0 spiro atoms. The number of nitriles is 1. The molecule has 30 heteroatoms. The average Bonchev–Trinajstić information content (AvgIpc) is 1.66. The highest BCUT2D eigenvalue weighted by Gasteiger charge is 2.17. The SMILES string of the molecule is C.CCN(CC)c1ccc(Nc2nc(N)n(-c3ccccn3)n2)c(C)c1.COc1ccc(Nc2nc(N)n(-c3ccc(C#N)cn3)n2)c(OC)c1.COc1ccc(Nc2nc(N)n(-c3ccccn3)n2)c(C)c1.Nc1nc(Nc2ccc(C(=O)c3ccccc3)cc2)nn1-c1ccccn1. The van der Waals surface area contributed by atoms with Gasteiger partial charge in [-0.1, -0.05) is 56.0 Å². The molecule has 0 unspecified atom stereocenters. The zero-order valence-corrected chi connectivity index (χ0v) is 55.0. The molecular formula is C70H74N26O4. The zero-order chi connectivity index (χ0) is 69.8. The predicted octanol–water partition coefficient (Wildman–Crippen LogP) is 11.2. The molecule has 12 N–H and O–H groups in total. The summed E-state index contributed by atoms with van der Waals surface area (Å²) < 4.78 is 21.5. The van der Waals surface area contributed by atoms with Gasteiger partial charge in [0.1, 0.15) is 23.3 Å². The number of nitrogens with zero attached hydrogens (tertiary/aromatic N) is 18. The summed E-state index contributed by atoms with van der Waals surface area (Å²) in [5.41, 5.74) is 32.0. The Morgan fingerprint density at radius 3 is 1.30 bits per heavy atom. The number of hydrogen-bond donors (Lipinski definition) is 8. The lowest BCUT2D eigenvalue weighted by Gasteiger charge is -2.22. The van der Waals surface area contributed by atoms with Crippen LogP contribution in [0.15, 0.2) is 201 Å². The number of nitrogen functional groups attached to an aromatic ring is 4. The molecule has 8 heterocycles. The van der Waals surface area contributed by atoms with Gasteiger partial charge in [-0.15, -0.1) is 20.4 Å². The standard InChI is InChI=1S/C20H16N6O.C18H23N7.C16H15N7O2.C15H16N6O.CH4/c21-19-24-20(25-26(19)17-8-4-5-13-22-17)23-16-11-9-15(10-12-16)18(27)14-6-2-1-3-7-14;1-4-24(5-2)14-9-10-15(13(3)12-14)21-18-22-17(19)25(23-18)16-8-6-7-11-20-16;1-24-11-4-5-12(13(7-11)25-2)20-16-21-15(18)23(22-16)14-6-3-10(8-17)9-19-14;1-10-9-11(22-2)6-7-12(10)18-15-19-14(16)21(20-15)13-5-3-4-8-17-13;/h1-13H,(H3,21,23,24,25);6-12H,4-5H2,1-3H3,(H3,19,21,22,23);3-7,9H,1-2H3,(H3,18,20,21,22);3-9H,1-2H3,(H3,16,18,19,20);1H4. The second-order valence-electron chi connectivity index (χ2n) is 21.1. The Balaban J connectivity index is 0.000000155. The lowest BCUT2D eigenvalue weighted by Crippen LogP contribution is -2.21. The highest BCUT2D eigenvalue weighted by Crippen LogP contribution is 2.32. The number of hydrogen-bond acceptors (Lipinski definition) is 26. The highest BCUT2D eigenvalue weighted by atomic mass is 16.5. The van der Waals surface area contributed by atoms with Crippen LogP contribution in [-0.2, 0) is 0 Å². The van der Waals surface area contributed by atoms with E-state index in [0.29, 0.717) is 80.9 Å². The van der Waals surface area contributed by atoms with Gasteiger partial charge in [-0.25, -0.2) is 19.9 Å². The maximum absolute atomic E-state index is 12.4. The van der Waals surface area contributed by atoms with Crippen LogP contribution in [0.2, 0.25) is 0 Å². The summed E-state index contributed by atoms with van der Waals surface area (Å²) in [5.74, 6) is 6.75. The second-order valence-corrected chi connectivity index (χ2v) is 21.1. The Labute approximate surface area is 576 Å². The molecule has 0 fully saturated rings. The summed E-state index contributed by atoms with van der Waals surface area (Å²) in [4.78, 5) is 48.4. The number of aromatic nitrogens is 16. The van der Waals surface area contributed by atoms with Gasteiger partial charge in [0.15, 0.2) is 29.1 Å². The first-order chi connectivity index (χ1) is 48.1. The third-order valence-electron chi connectivity index (χ3n) is 14.6. The summed E-state index contributed by atoms with van der Waals surface area (Å²) >= 11 is 0. The molecule has 0 atom stereocenters. The largest absolute Gasteiger partial charge is 0.497 e. The average molecular weight is 1340 g/mol. The first-order valence-electron chi connectivity index (χ1n) is 30.7. The minimum Gasteiger partial charge on any atom is -0.497 e. The molecule has 0 saturated carbocycles. The molecule has 0 radical (unpaired) electrons. The molecule has 100 heavy (non-hydrogen) atoms. The zero-order valence-electron chi connectivity index (χ0n) is 55.0. The van der Waals surface area contributed by atoms with Gasteiger partial charge in [0, 0.05) is 77.8 Å². The number of ketones is 1. The molecule has 13 aromatic rings. The van der Waals surface area contributed by atoms with Gasteiger partial charge in [0.2, 0.25) is 47.6 Å². The van der Waals surface area contributed by atoms with Crippen molar-refractivity contribution in [1.82, 2.24) is 79.0 Å². The van der Waals surface area contributed by atoms with Crippen molar-refractivity contribution in [1.29, 1.82) is 5.26 Å². The van der Waals surface area contributed by atoms with Crippen molar-refractivity contribution in [3.63, 3.8) is 0 Å². The maximum atomic E-state index is 12.4. The number of ether oxygens (including phenoxy) is 3. The van der Waals surface area contributed by atoms with Crippen LogP contribution in [0.3, 0.4) is 0 Å². The summed E-state index contributed by atoms with van der Waals surface area (Å²) in [6.07, 6.45) is 6.47. The maximum Gasteiger partial charge on any atom is 0.249 e. The molecule has 8 aromatic heterocycles. The molecular weight excluding hydrogens is 1270 g/mol. The fraction of sp³-hybridized carbons (Fsp3) is 0.143. The molecule has 5 aromatic carbocycles. The number of methoxy groups -OCH3 is 3. The number of rotatable bonds is 20. The molecule has 0 aliphatic rings. The Bertz CT molecular complexity index is 4830. The van der Waals surface area contributed by atoms with Gasteiger partial charge in [-0.2, -0.15) is 43.9 Å². The van der Waals surface area contributed by atoms with Gasteiger partial charge >= 0.3 is 0 Å². The molecule has 13 rings (SSSR count). The van der Waals surface area contributed by atoms with E-state index >= 15 is 0 Å². The van der Waals surface area contributed by atoms with Crippen molar-refractivity contribution in [3.05, 3.63) is 229 Å². The van der Waals surface area contributed by atoms with E-state index in [1.807, 2.05) is 104 Å². The number of nitrogens with one attached hydrogen (secondary N) is 4. The molecule has 0 aliphatic heterocycles. The van der Waals surface area contributed by atoms with Crippen molar-refractivity contribution in [2.24, 2.45) is 0 Å². The van der Waals surface area contributed by atoms with Crippen LogP contribution in [-0.4, -0.2) is 119 Å². The van der Waals surface area contributed by atoms with Gasteiger partial charge in [0.25, 0.3) is 0 Å². The van der Waals surface area contributed by atoms with E-state index in [1.54, 1.807) is 113 Å². The lowest BCUT2D eigenvalue weighted by atomic mass is 10.0. The number of benzene rings is 5. The van der Waals surface area contributed by atoms with Crippen LogP contribution >= 0.6 is 0 Å². The van der Waals surface area contributed by atoms with Crippen LogP contribution in [0, 0.1) is 25.2 Å². The highest BCUT2D eigenvalue weighted by molar-refractivity contribution is 6.09. The number of carbonyl (C=O) groups is 1. The molecule has 0 amide bonds. The third kappa shape index (κ3) is 17.7. The molecule has 0 aliphatic carbocycles. The van der Waals surface area contributed by atoms with E-state index < -0.39 is 0 Å². The van der Waals surface area contributed by atoms with E-state index in [1.165, 1.54) is 30.6 Å². The summed E-state index contributed by atoms with van der Waals surface area (Å²) in [6, 6.07) is 55.4. The molecule has 508 valence electrons. The third-order valence-corrected chi connectivity index (χ3v) is 14.6. The molecule has 0 saturated heterocycles. The summed E-state index contributed by atoms with van der Waals surface area (Å²) in [6.45, 7) is 10.3. The number of pyridine rings is 4. The van der Waals surface area contributed by atoms with Gasteiger partial charge < -0.3 is 63.3 Å². The van der Waals surface area contributed by atoms with Crippen LogP contribution in [0.1, 0.15) is 53.9 Å². The van der Waals surface area contributed by atoms with Crippen molar-refractivity contribution >= 4 is 81.8 Å². The van der Waals surface area contributed by atoms with Crippen molar-refractivity contribution in [2.75, 3.05) is 83.5 Å². The predicted molar refractivity (Wildman–Crippen MR) is 387 cm³/mol. The van der Waals surface area contributed by atoms with Crippen LogP contribution < -0.4 is 63.3 Å².